The van der Waals surface area contributed by atoms with Gasteiger partial charge < -0.3 is 11.1 Å². The van der Waals surface area contributed by atoms with Crippen LogP contribution in [0, 0.1) is 0 Å². The van der Waals surface area contributed by atoms with Gasteiger partial charge in [0, 0.05) is 11.7 Å². The van der Waals surface area contributed by atoms with Gasteiger partial charge in [-0.15, -0.1) is 0 Å². The summed E-state index contributed by atoms with van der Waals surface area (Å²) in [5, 5.41) is 3.31. The molecule has 0 aliphatic heterocycles. The zero-order valence-electron chi connectivity index (χ0n) is 13.2. The van der Waals surface area contributed by atoms with Crippen LogP contribution < -0.4 is 11.1 Å². The predicted molar refractivity (Wildman–Crippen MR) is 90.7 cm³/mol. The lowest BCUT2D eigenvalue weighted by molar-refractivity contribution is -0.117. The highest BCUT2D eigenvalue weighted by Crippen LogP contribution is 2.23. The molecule has 0 saturated carbocycles. The molecule has 0 saturated heterocycles. The quantitative estimate of drug-likeness (QED) is 0.567. The number of carbonyl (C=O) groups excluding carboxylic acids is 1. The first-order valence-electron chi connectivity index (χ1n) is 7.53. The van der Waals surface area contributed by atoms with Crippen LogP contribution in [0.5, 0.6) is 0 Å². The van der Waals surface area contributed by atoms with Gasteiger partial charge in [0.2, 0.25) is 5.91 Å². The molecule has 1 aromatic carbocycles. The van der Waals surface area contributed by atoms with Gasteiger partial charge in [-0.1, -0.05) is 31.4 Å². The van der Waals surface area contributed by atoms with Crippen LogP contribution in [0.15, 0.2) is 18.2 Å². The van der Waals surface area contributed by atoms with Crippen molar-refractivity contribution in [1.29, 1.82) is 0 Å². The molecule has 0 spiro atoms. The largest absolute Gasteiger partial charge is 0.399 e. The number of nitrogens with two attached hydrogens (primary N) is 1. The lowest BCUT2D eigenvalue weighted by atomic mass is 10.2. The van der Waals surface area contributed by atoms with Gasteiger partial charge in [0.25, 0.3) is 0 Å². The highest BCUT2D eigenvalue weighted by Gasteiger charge is 2.14. The molecule has 0 aliphatic rings. The maximum Gasteiger partial charge on any atom is 0.238 e. The van der Waals surface area contributed by atoms with Gasteiger partial charge >= 0.3 is 0 Å². The molecule has 1 aromatic rings. The molecule has 0 atom stereocenters. The number of benzene rings is 1. The third-order valence-electron chi connectivity index (χ3n) is 3.39. The van der Waals surface area contributed by atoms with Gasteiger partial charge in [-0.05, 0) is 45.0 Å². The van der Waals surface area contributed by atoms with E-state index in [4.69, 9.17) is 17.3 Å². The standard InChI is InChI=1S/C16H26ClN3O/c1-4-5-6-9-20(12(2)3)11-16(21)19-15-8-7-13(18)10-14(15)17/h7-8,10,12H,4-6,9,11,18H2,1-3H3,(H,19,21). The fourth-order valence-electron chi connectivity index (χ4n) is 2.09. The second-order valence-electron chi connectivity index (χ2n) is 5.56. The summed E-state index contributed by atoms with van der Waals surface area (Å²) in [6, 6.07) is 5.43. The molecular formula is C16H26ClN3O. The van der Waals surface area contributed by atoms with Crippen LogP contribution in [0.25, 0.3) is 0 Å². The monoisotopic (exact) mass is 311 g/mol. The first-order chi connectivity index (χ1) is 9.93. The van der Waals surface area contributed by atoms with Crippen LogP contribution in [-0.2, 0) is 4.79 Å². The van der Waals surface area contributed by atoms with Crippen molar-refractivity contribution >= 4 is 28.9 Å². The molecule has 0 aliphatic carbocycles. The van der Waals surface area contributed by atoms with Crippen molar-refractivity contribution in [2.75, 3.05) is 24.1 Å². The molecule has 0 heterocycles. The molecule has 3 N–H and O–H groups in total. The van der Waals surface area contributed by atoms with E-state index in [-0.39, 0.29) is 5.91 Å². The first-order valence-corrected chi connectivity index (χ1v) is 7.90. The van der Waals surface area contributed by atoms with Crippen molar-refractivity contribution in [2.24, 2.45) is 0 Å². The predicted octanol–water partition coefficient (Wildman–Crippen LogP) is 3.76. The van der Waals surface area contributed by atoms with Gasteiger partial charge in [0.05, 0.1) is 17.3 Å². The Balaban J connectivity index is 2.57. The number of halogens is 1. The minimum atomic E-state index is -0.0492. The van der Waals surface area contributed by atoms with Crippen molar-refractivity contribution < 1.29 is 4.79 Å². The summed E-state index contributed by atoms with van der Waals surface area (Å²) in [5.74, 6) is -0.0492. The van der Waals surface area contributed by atoms with Crippen LogP contribution in [0.1, 0.15) is 40.0 Å². The maximum atomic E-state index is 12.2. The lowest BCUT2D eigenvalue weighted by Gasteiger charge is -2.25. The summed E-state index contributed by atoms with van der Waals surface area (Å²) in [4.78, 5) is 14.3. The Morgan fingerprint density at radius 3 is 2.67 bits per heavy atom. The number of nitrogen functional groups attached to an aromatic ring is 1. The average Bonchev–Trinajstić information content (AvgIpc) is 2.41. The molecule has 1 amide bonds. The Hall–Kier alpha value is -1.26. The zero-order chi connectivity index (χ0) is 15.8. The van der Waals surface area contributed by atoms with E-state index in [2.05, 4.69) is 31.0 Å². The fourth-order valence-corrected chi connectivity index (χ4v) is 2.33. The summed E-state index contributed by atoms with van der Waals surface area (Å²) in [7, 11) is 0. The second-order valence-corrected chi connectivity index (χ2v) is 5.97. The SMILES string of the molecule is CCCCCN(CC(=O)Nc1ccc(N)cc1Cl)C(C)C. The molecule has 4 nitrogen and oxygen atoms in total. The molecule has 0 radical (unpaired) electrons. The van der Waals surface area contributed by atoms with Gasteiger partial charge in [0.15, 0.2) is 0 Å². The minimum Gasteiger partial charge on any atom is -0.399 e. The number of anilines is 2. The van der Waals surface area contributed by atoms with Gasteiger partial charge in [-0.2, -0.15) is 0 Å². The van der Waals surface area contributed by atoms with E-state index in [0.717, 1.165) is 13.0 Å². The van der Waals surface area contributed by atoms with Crippen molar-refractivity contribution in [3.8, 4) is 0 Å². The third kappa shape index (κ3) is 6.36. The fraction of sp³-hybridized carbons (Fsp3) is 0.562. The number of hydrogen-bond acceptors (Lipinski definition) is 3. The molecule has 0 fully saturated rings. The van der Waals surface area contributed by atoms with Gasteiger partial charge in [0.1, 0.15) is 0 Å². The minimum absolute atomic E-state index is 0.0492. The average molecular weight is 312 g/mol. The zero-order valence-corrected chi connectivity index (χ0v) is 13.9. The second kappa shape index (κ2) is 8.90. The first kappa shape index (κ1) is 17.8. The Kier molecular flexibility index (Phi) is 7.54. The smallest absolute Gasteiger partial charge is 0.238 e. The molecule has 118 valence electrons. The van der Waals surface area contributed by atoms with E-state index >= 15 is 0 Å². The van der Waals surface area contributed by atoms with E-state index in [9.17, 15) is 4.79 Å². The van der Waals surface area contributed by atoms with Crippen LogP contribution >= 0.6 is 11.6 Å². The van der Waals surface area contributed by atoms with Crippen LogP contribution in [-0.4, -0.2) is 29.9 Å². The summed E-state index contributed by atoms with van der Waals surface area (Å²) in [6.07, 6.45) is 3.48. The number of rotatable bonds is 8. The van der Waals surface area contributed by atoms with E-state index in [1.165, 1.54) is 12.8 Å². The number of carbonyl (C=O) groups is 1. The third-order valence-corrected chi connectivity index (χ3v) is 3.71. The van der Waals surface area contributed by atoms with Crippen molar-refractivity contribution in [3.63, 3.8) is 0 Å². The van der Waals surface area contributed by atoms with Gasteiger partial charge in [-0.3, -0.25) is 9.69 Å². The highest BCUT2D eigenvalue weighted by molar-refractivity contribution is 6.34. The summed E-state index contributed by atoms with van der Waals surface area (Å²) in [6.45, 7) is 7.71. The number of hydrogen-bond donors (Lipinski definition) is 2. The Morgan fingerprint density at radius 1 is 1.38 bits per heavy atom. The van der Waals surface area contributed by atoms with Crippen LogP contribution in [0.4, 0.5) is 11.4 Å². The number of amides is 1. The summed E-state index contributed by atoms with van der Waals surface area (Å²) in [5.41, 5.74) is 6.83. The summed E-state index contributed by atoms with van der Waals surface area (Å²) >= 11 is 6.07. The van der Waals surface area contributed by atoms with E-state index in [1.54, 1.807) is 18.2 Å². The van der Waals surface area contributed by atoms with Crippen molar-refractivity contribution in [2.45, 2.75) is 46.1 Å². The van der Waals surface area contributed by atoms with Crippen LogP contribution in [0.3, 0.4) is 0 Å². The van der Waals surface area contributed by atoms with Crippen LogP contribution in [0.2, 0.25) is 5.02 Å². The molecule has 0 aromatic heterocycles. The number of unbranched alkanes of at least 4 members (excludes halogenated alkanes) is 2. The Labute approximate surface area is 132 Å². The molecule has 21 heavy (non-hydrogen) atoms. The maximum absolute atomic E-state index is 12.2. The number of nitrogens with zero attached hydrogens (tertiary/aromatic N) is 1. The molecule has 5 heteroatoms. The number of nitrogens with one attached hydrogen (secondary N) is 1. The van der Waals surface area contributed by atoms with Gasteiger partial charge in [-0.25, -0.2) is 0 Å². The van der Waals surface area contributed by atoms with E-state index in [0.29, 0.717) is 29.0 Å². The van der Waals surface area contributed by atoms with E-state index < -0.39 is 0 Å². The van der Waals surface area contributed by atoms with Crippen molar-refractivity contribution in [1.82, 2.24) is 4.90 Å². The normalized spacial score (nSPS) is 11.1. The molecule has 1 rings (SSSR count). The van der Waals surface area contributed by atoms with E-state index in [1.807, 2.05) is 0 Å². The molecule has 0 bridgehead atoms. The Bertz CT molecular complexity index is 463. The molecular weight excluding hydrogens is 286 g/mol. The summed E-state index contributed by atoms with van der Waals surface area (Å²) < 4.78 is 0. The lowest BCUT2D eigenvalue weighted by Crippen LogP contribution is -2.38. The molecule has 0 unspecified atom stereocenters. The Morgan fingerprint density at radius 2 is 2.10 bits per heavy atom. The van der Waals surface area contributed by atoms with Crippen molar-refractivity contribution in [3.05, 3.63) is 23.2 Å². The topological polar surface area (TPSA) is 58.4 Å². The highest BCUT2D eigenvalue weighted by atomic mass is 35.5.